The summed E-state index contributed by atoms with van der Waals surface area (Å²) in [6, 6.07) is 0. The van der Waals surface area contributed by atoms with Gasteiger partial charge in [0.1, 0.15) is 10.5 Å². The Bertz CT molecular complexity index is 473. The number of aromatic amines is 1. The fraction of sp³-hybridized carbons (Fsp3) is 0.692. The summed E-state index contributed by atoms with van der Waals surface area (Å²) in [4.78, 5) is 8.14. The van der Waals surface area contributed by atoms with Crippen molar-refractivity contribution in [3.8, 4) is 0 Å². The molecule has 0 saturated heterocycles. The molecule has 0 radical (unpaired) electrons. The van der Waals surface area contributed by atoms with Gasteiger partial charge in [-0.2, -0.15) is 0 Å². The van der Waals surface area contributed by atoms with Gasteiger partial charge < -0.3 is 4.98 Å². The minimum atomic E-state index is 0.607. The van der Waals surface area contributed by atoms with Gasteiger partial charge in [0.25, 0.3) is 0 Å². The first kappa shape index (κ1) is 11.8. The van der Waals surface area contributed by atoms with Gasteiger partial charge in [-0.3, -0.25) is 0 Å². The van der Waals surface area contributed by atoms with Gasteiger partial charge in [0.05, 0.1) is 4.47 Å². The zero-order chi connectivity index (χ0) is 11.8. The fourth-order valence-corrected chi connectivity index (χ4v) is 3.44. The Morgan fingerprint density at radius 1 is 1.06 bits per heavy atom. The van der Waals surface area contributed by atoms with Crippen LogP contribution in [0.3, 0.4) is 0 Å². The first-order chi connectivity index (χ1) is 8.25. The molecule has 1 aromatic heterocycles. The van der Waals surface area contributed by atoms with Gasteiger partial charge in [-0.15, -0.1) is 0 Å². The topological polar surface area (TPSA) is 28.7 Å². The molecule has 2 aliphatic rings. The zero-order valence-electron chi connectivity index (χ0n) is 9.84. The molecule has 0 unspecified atom stereocenters. The van der Waals surface area contributed by atoms with Crippen molar-refractivity contribution >= 4 is 28.1 Å². The Hall–Kier alpha value is -0.220. The van der Waals surface area contributed by atoms with Crippen molar-refractivity contribution in [1.82, 2.24) is 9.97 Å². The van der Waals surface area contributed by atoms with Crippen molar-refractivity contribution in [2.75, 3.05) is 0 Å². The average molecular weight is 313 g/mol. The summed E-state index contributed by atoms with van der Waals surface area (Å²) in [5.74, 6) is 2.44. The number of rotatable bonds is 2. The highest BCUT2D eigenvalue weighted by molar-refractivity contribution is 9.10. The summed E-state index contributed by atoms with van der Waals surface area (Å²) in [6.45, 7) is 0. The Morgan fingerprint density at radius 3 is 2.41 bits per heavy atom. The van der Waals surface area contributed by atoms with Crippen LogP contribution in [0, 0.1) is 4.64 Å². The van der Waals surface area contributed by atoms with Crippen LogP contribution < -0.4 is 0 Å². The Labute approximate surface area is 115 Å². The number of aromatic nitrogens is 2. The monoisotopic (exact) mass is 312 g/mol. The highest BCUT2D eigenvalue weighted by Gasteiger charge is 2.28. The van der Waals surface area contributed by atoms with Gasteiger partial charge in [-0.1, -0.05) is 31.5 Å². The first-order valence-electron chi connectivity index (χ1n) is 6.55. The van der Waals surface area contributed by atoms with Crippen LogP contribution in [0.4, 0.5) is 0 Å². The predicted octanol–water partition coefficient (Wildman–Crippen LogP) is 4.83. The molecule has 1 aromatic rings. The van der Waals surface area contributed by atoms with E-state index in [1.165, 1.54) is 50.6 Å². The number of hydrogen-bond acceptors (Lipinski definition) is 2. The van der Waals surface area contributed by atoms with Crippen LogP contribution in [0.1, 0.15) is 68.3 Å². The van der Waals surface area contributed by atoms with Crippen LogP contribution in [0.25, 0.3) is 0 Å². The molecule has 0 aliphatic heterocycles. The number of halogens is 1. The van der Waals surface area contributed by atoms with Gasteiger partial charge >= 0.3 is 0 Å². The van der Waals surface area contributed by atoms with E-state index in [2.05, 4.69) is 25.9 Å². The number of nitrogens with zero attached hydrogens (tertiary/aromatic N) is 1. The molecular weight excluding hydrogens is 296 g/mol. The van der Waals surface area contributed by atoms with Gasteiger partial charge in [0, 0.05) is 17.5 Å². The van der Waals surface area contributed by atoms with Crippen molar-refractivity contribution in [1.29, 1.82) is 0 Å². The predicted molar refractivity (Wildman–Crippen MR) is 74.9 cm³/mol. The standard InChI is InChI=1S/C13H17BrN2S/c14-10-11(8-6-7-8)15-12(16-13(10)17)9-4-2-1-3-5-9/h8-9H,1-7H2,(H,15,16,17). The van der Waals surface area contributed by atoms with Gasteiger partial charge in [0.2, 0.25) is 0 Å². The normalized spacial score (nSPS) is 21.7. The van der Waals surface area contributed by atoms with Crippen molar-refractivity contribution in [3.05, 3.63) is 20.6 Å². The maximum Gasteiger partial charge on any atom is 0.144 e. The Morgan fingerprint density at radius 2 is 1.76 bits per heavy atom. The lowest BCUT2D eigenvalue weighted by Gasteiger charge is -2.21. The molecule has 3 rings (SSSR count). The lowest BCUT2D eigenvalue weighted by molar-refractivity contribution is 0.427. The van der Waals surface area contributed by atoms with Crippen LogP contribution in [0.2, 0.25) is 0 Å². The number of hydrogen-bond donors (Lipinski definition) is 1. The molecule has 4 heteroatoms. The smallest absolute Gasteiger partial charge is 0.144 e. The third-order valence-corrected chi connectivity index (χ3v) is 5.25. The lowest BCUT2D eigenvalue weighted by atomic mass is 9.88. The fourth-order valence-electron chi connectivity index (χ4n) is 2.72. The number of H-pyrrole nitrogens is 1. The van der Waals surface area contributed by atoms with Crippen LogP contribution in [0.5, 0.6) is 0 Å². The molecule has 2 fully saturated rings. The molecule has 0 spiro atoms. The Kier molecular flexibility index (Phi) is 3.35. The number of nitrogens with one attached hydrogen (secondary N) is 1. The molecule has 0 atom stereocenters. The summed E-state index contributed by atoms with van der Waals surface area (Å²) >= 11 is 8.95. The van der Waals surface area contributed by atoms with Crippen LogP contribution in [-0.2, 0) is 0 Å². The van der Waals surface area contributed by atoms with E-state index in [9.17, 15) is 0 Å². The van der Waals surface area contributed by atoms with Crippen molar-refractivity contribution in [2.24, 2.45) is 0 Å². The molecule has 2 nitrogen and oxygen atoms in total. The highest BCUT2D eigenvalue weighted by Crippen LogP contribution is 2.43. The zero-order valence-corrected chi connectivity index (χ0v) is 12.2. The summed E-state index contributed by atoms with van der Waals surface area (Å²) < 4.78 is 1.76. The van der Waals surface area contributed by atoms with Crippen molar-refractivity contribution in [3.63, 3.8) is 0 Å². The second-order valence-corrected chi connectivity index (χ2v) is 6.44. The molecule has 0 bridgehead atoms. The first-order valence-corrected chi connectivity index (χ1v) is 7.75. The second-order valence-electron chi connectivity index (χ2n) is 5.26. The largest absolute Gasteiger partial charge is 0.346 e. The van der Waals surface area contributed by atoms with Crippen molar-refractivity contribution < 1.29 is 0 Å². The third kappa shape index (κ3) is 2.48. The maximum atomic E-state index is 5.37. The maximum absolute atomic E-state index is 5.37. The molecule has 1 heterocycles. The van der Waals surface area contributed by atoms with Gasteiger partial charge in [0.15, 0.2) is 0 Å². The highest BCUT2D eigenvalue weighted by atomic mass is 79.9. The van der Waals surface area contributed by atoms with Gasteiger partial charge in [-0.25, -0.2) is 4.98 Å². The third-order valence-electron chi connectivity index (χ3n) is 3.89. The van der Waals surface area contributed by atoms with Crippen LogP contribution in [0.15, 0.2) is 4.47 Å². The molecule has 17 heavy (non-hydrogen) atoms. The molecule has 1 N–H and O–H groups in total. The summed E-state index contributed by atoms with van der Waals surface area (Å²) in [5, 5.41) is 0. The van der Waals surface area contributed by atoms with E-state index in [-0.39, 0.29) is 0 Å². The molecular formula is C13H17BrN2S. The van der Waals surface area contributed by atoms with Crippen LogP contribution >= 0.6 is 28.1 Å². The molecule has 0 aromatic carbocycles. The summed E-state index contributed by atoms with van der Waals surface area (Å²) in [7, 11) is 0. The van der Waals surface area contributed by atoms with Crippen LogP contribution in [-0.4, -0.2) is 9.97 Å². The van der Waals surface area contributed by atoms with E-state index >= 15 is 0 Å². The molecule has 0 amide bonds. The van der Waals surface area contributed by atoms with Crippen molar-refractivity contribution in [2.45, 2.75) is 56.8 Å². The van der Waals surface area contributed by atoms with E-state index in [1.807, 2.05) is 0 Å². The molecule has 92 valence electrons. The quantitative estimate of drug-likeness (QED) is 0.793. The van der Waals surface area contributed by atoms with Gasteiger partial charge in [-0.05, 0) is 41.6 Å². The SMILES string of the molecule is S=c1nc(C2CCCCC2)[nH]c(C2CC2)c1Br. The van der Waals surface area contributed by atoms with E-state index in [0.29, 0.717) is 11.8 Å². The lowest BCUT2D eigenvalue weighted by Crippen LogP contribution is -2.10. The van der Waals surface area contributed by atoms with E-state index in [1.54, 1.807) is 0 Å². The van der Waals surface area contributed by atoms with E-state index < -0.39 is 0 Å². The molecule has 2 aliphatic carbocycles. The Balaban J connectivity index is 1.96. The minimum Gasteiger partial charge on any atom is -0.346 e. The summed E-state index contributed by atoms with van der Waals surface area (Å²) in [5.41, 5.74) is 1.30. The van der Waals surface area contributed by atoms with E-state index in [4.69, 9.17) is 12.2 Å². The minimum absolute atomic E-state index is 0.607. The second kappa shape index (κ2) is 4.81. The average Bonchev–Trinajstić information content (AvgIpc) is 3.18. The summed E-state index contributed by atoms with van der Waals surface area (Å²) in [6.07, 6.45) is 9.16. The van der Waals surface area contributed by atoms with E-state index in [0.717, 1.165) is 14.9 Å². The molecule has 2 saturated carbocycles.